The van der Waals surface area contributed by atoms with Crippen LogP contribution in [0.3, 0.4) is 0 Å². The van der Waals surface area contributed by atoms with Gasteiger partial charge in [0.15, 0.2) is 11.5 Å². The molecule has 4 heteroatoms. The van der Waals surface area contributed by atoms with Crippen LogP contribution in [-0.2, 0) is 4.79 Å². The maximum Gasteiger partial charge on any atom is 0.161 e. The molecule has 1 aliphatic heterocycles. The number of rotatable bonds is 7. The van der Waals surface area contributed by atoms with Gasteiger partial charge < -0.3 is 9.47 Å². The predicted molar refractivity (Wildman–Crippen MR) is 92.9 cm³/mol. The maximum atomic E-state index is 11.9. The lowest BCUT2D eigenvalue weighted by Crippen LogP contribution is -2.13. The van der Waals surface area contributed by atoms with Gasteiger partial charge in [-0.2, -0.15) is 0 Å². The Morgan fingerprint density at radius 1 is 1.22 bits per heavy atom. The fourth-order valence-corrected chi connectivity index (χ4v) is 3.05. The number of Topliss-reactive ketones (excluding diaryl/α,β-unsaturated/α-hetero) is 1. The van der Waals surface area contributed by atoms with E-state index in [1.54, 1.807) is 14.2 Å². The van der Waals surface area contributed by atoms with Crippen molar-refractivity contribution in [2.24, 2.45) is 4.99 Å². The second-order valence-electron chi connectivity index (χ2n) is 6.04. The molecule has 4 nitrogen and oxygen atoms in total. The van der Waals surface area contributed by atoms with Crippen molar-refractivity contribution in [3.63, 3.8) is 0 Å². The van der Waals surface area contributed by atoms with Crippen LogP contribution in [0.1, 0.15) is 57.4 Å². The van der Waals surface area contributed by atoms with Crippen LogP contribution in [0, 0.1) is 0 Å². The first-order valence-electron chi connectivity index (χ1n) is 8.48. The summed E-state index contributed by atoms with van der Waals surface area (Å²) in [6, 6.07) is 6.04. The van der Waals surface area contributed by atoms with E-state index in [0.717, 1.165) is 54.9 Å². The van der Waals surface area contributed by atoms with Gasteiger partial charge in [-0.15, -0.1) is 0 Å². The first kappa shape index (κ1) is 17.5. The molecule has 0 saturated carbocycles. The summed E-state index contributed by atoms with van der Waals surface area (Å²) in [6.45, 7) is 2.04. The molecule has 1 unspecified atom stereocenters. The van der Waals surface area contributed by atoms with Crippen LogP contribution in [0.15, 0.2) is 23.2 Å². The third kappa shape index (κ3) is 4.81. The molecule has 0 aromatic heterocycles. The molecule has 1 heterocycles. The molecule has 1 atom stereocenters. The van der Waals surface area contributed by atoms with Crippen molar-refractivity contribution in [1.82, 2.24) is 0 Å². The molecule has 0 spiro atoms. The second kappa shape index (κ2) is 8.70. The summed E-state index contributed by atoms with van der Waals surface area (Å²) in [7, 11) is 3.28. The van der Waals surface area contributed by atoms with E-state index in [4.69, 9.17) is 14.5 Å². The molecule has 126 valence electrons. The number of methoxy groups -OCH3 is 2. The van der Waals surface area contributed by atoms with E-state index in [0.29, 0.717) is 18.6 Å². The number of hydrogen-bond donors (Lipinski definition) is 0. The van der Waals surface area contributed by atoms with Crippen LogP contribution in [0.25, 0.3) is 0 Å². The van der Waals surface area contributed by atoms with Gasteiger partial charge in [-0.25, -0.2) is 0 Å². The van der Waals surface area contributed by atoms with Crippen molar-refractivity contribution in [2.45, 2.75) is 57.9 Å². The van der Waals surface area contributed by atoms with E-state index in [2.05, 4.69) is 0 Å². The van der Waals surface area contributed by atoms with E-state index in [1.165, 1.54) is 0 Å². The van der Waals surface area contributed by atoms with Crippen LogP contribution in [0.2, 0.25) is 0 Å². The van der Waals surface area contributed by atoms with E-state index >= 15 is 0 Å². The van der Waals surface area contributed by atoms with E-state index < -0.39 is 0 Å². The van der Waals surface area contributed by atoms with Crippen molar-refractivity contribution in [3.05, 3.63) is 23.8 Å². The SMILES string of the molecule is CCCC(=O)CC1CCCCC(c2ccc(OC)c(OC)c2)=N1. The molecule has 1 aliphatic rings. The van der Waals surface area contributed by atoms with Gasteiger partial charge in [-0.3, -0.25) is 9.79 Å². The number of ether oxygens (including phenoxy) is 2. The molecule has 1 aromatic carbocycles. The van der Waals surface area contributed by atoms with Crippen LogP contribution in [0.5, 0.6) is 11.5 Å². The summed E-state index contributed by atoms with van der Waals surface area (Å²) < 4.78 is 10.7. The highest BCUT2D eigenvalue weighted by atomic mass is 16.5. The van der Waals surface area contributed by atoms with Gasteiger partial charge in [0.05, 0.1) is 20.3 Å². The van der Waals surface area contributed by atoms with Gasteiger partial charge >= 0.3 is 0 Å². The molecule has 0 bridgehead atoms. The molecule has 1 aromatic rings. The highest BCUT2D eigenvalue weighted by Gasteiger charge is 2.18. The highest BCUT2D eigenvalue weighted by Crippen LogP contribution is 2.29. The zero-order valence-electron chi connectivity index (χ0n) is 14.4. The second-order valence-corrected chi connectivity index (χ2v) is 6.04. The smallest absolute Gasteiger partial charge is 0.161 e. The Hall–Kier alpha value is -1.84. The van der Waals surface area contributed by atoms with Gasteiger partial charge in [0, 0.05) is 18.6 Å². The monoisotopic (exact) mass is 317 g/mol. The molecule has 0 N–H and O–H groups in total. The number of ketones is 1. The Morgan fingerprint density at radius 3 is 2.70 bits per heavy atom. The maximum absolute atomic E-state index is 11.9. The largest absolute Gasteiger partial charge is 0.493 e. The van der Waals surface area contributed by atoms with Crippen molar-refractivity contribution in [3.8, 4) is 11.5 Å². The topological polar surface area (TPSA) is 47.9 Å². The molecule has 23 heavy (non-hydrogen) atoms. The lowest BCUT2D eigenvalue weighted by atomic mass is 10.0. The lowest BCUT2D eigenvalue weighted by molar-refractivity contribution is -0.119. The van der Waals surface area contributed by atoms with Gasteiger partial charge in [-0.05, 0) is 49.4 Å². The zero-order chi connectivity index (χ0) is 16.7. The normalized spacial score (nSPS) is 18.0. The molecular weight excluding hydrogens is 290 g/mol. The minimum Gasteiger partial charge on any atom is -0.493 e. The standard InChI is InChI=1S/C19H27NO3/c1-4-7-16(21)13-15-8-5-6-9-17(20-15)14-10-11-18(22-2)19(12-14)23-3/h10-12,15H,4-9,13H2,1-3H3. The summed E-state index contributed by atoms with van der Waals surface area (Å²) in [5.74, 6) is 1.77. The average Bonchev–Trinajstić information content (AvgIpc) is 2.80. The number of aliphatic imine (C=N–C) groups is 1. The first-order valence-corrected chi connectivity index (χ1v) is 8.48. The molecule has 0 radical (unpaired) electrons. The number of benzene rings is 1. The predicted octanol–water partition coefficient (Wildman–Crippen LogP) is 4.19. The first-order chi connectivity index (χ1) is 11.2. The summed E-state index contributed by atoms with van der Waals surface area (Å²) >= 11 is 0. The number of carbonyl (C=O) groups is 1. The van der Waals surface area contributed by atoms with Crippen molar-refractivity contribution in [2.75, 3.05) is 14.2 Å². The molecule has 0 saturated heterocycles. The summed E-state index contributed by atoms with van der Waals surface area (Å²) in [6.07, 6.45) is 6.36. The van der Waals surface area contributed by atoms with Crippen molar-refractivity contribution in [1.29, 1.82) is 0 Å². The van der Waals surface area contributed by atoms with Crippen LogP contribution in [-0.4, -0.2) is 31.8 Å². The number of hydrogen-bond acceptors (Lipinski definition) is 4. The summed E-state index contributed by atoms with van der Waals surface area (Å²) in [5, 5.41) is 0. The fraction of sp³-hybridized carbons (Fsp3) is 0.579. The van der Waals surface area contributed by atoms with E-state index in [1.807, 2.05) is 25.1 Å². The molecule has 2 rings (SSSR count). The fourth-order valence-electron chi connectivity index (χ4n) is 3.05. The van der Waals surface area contributed by atoms with Crippen LogP contribution in [0.4, 0.5) is 0 Å². The minimum absolute atomic E-state index is 0.125. The van der Waals surface area contributed by atoms with E-state index in [-0.39, 0.29) is 6.04 Å². The van der Waals surface area contributed by atoms with Crippen LogP contribution >= 0.6 is 0 Å². The zero-order valence-corrected chi connectivity index (χ0v) is 14.4. The van der Waals surface area contributed by atoms with Crippen molar-refractivity contribution < 1.29 is 14.3 Å². The third-order valence-corrected chi connectivity index (χ3v) is 4.25. The molecule has 0 amide bonds. The minimum atomic E-state index is 0.125. The third-order valence-electron chi connectivity index (χ3n) is 4.25. The number of carbonyl (C=O) groups excluding carboxylic acids is 1. The Kier molecular flexibility index (Phi) is 6.63. The number of nitrogens with zero attached hydrogens (tertiary/aromatic N) is 1. The summed E-state index contributed by atoms with van der Waals surface area (Å²) in [5.41, 5.74) is 2.15. The Bertz CT molecular complexity index is 566. The summed E-state index contributed by atoms with van der Waals surface area (Å²) in [4.78, 5) is 16.8. The van der Waals surface area contributed by atoms with Gasteiger partial charge in [-0.1, -0.05) is 13.3 Å². The van der Waals surface area contributed by atoms with Gasteiger partial charge in [0.2, 0.25) is 0 Å². The molecule has 0 fully saturated rings. The lowest BCUT2D eigenvalue weighted by Gasteiger charge is -2.13. The molecular formula is C19H27NO3. The molecule has 0 aliphatic carbocycles. The highest BCUT2D eigenvalue weighted by molar-refractivity contribution is 6.01. The Balaban J connectivity index is 2.21. The quantitative estimate of drug-likeness (QED) is 0.757. The Morgan fingerprint density at radius 2 is 2.00 bits per heavy atom. The average molecular weight is 317 g/mol. The Labute approximate surface area is 138 Å². The van der Waals surface area contributed by atoms with Gasteiger partial charge in [0.1, 0.15) is 5.78 Å². The van der Waals surface area contributed by atoms with Gasteiger partial charge in [0.25, 0.3) is 0 Å². The van der Waals surface area contributed by atoms with E-state index in [9.17, 15) is 4.79 Å². The van der Waals surface area contributed by atoms with Crippen molar-refractivity contribution >= 4 is 11.5 Å². The van der Waals surface area contributed by atoms with Crippen LogP contribution < -0.4 is 9.47 Å².